The van der Waals surface area contributed by atoms with Crippen molar-refractivity contribution in [2.45, 2.75) is 76.2 Å². The summed E-state index contributed by atoms with van der Waals surface area (Å²) in [6.45, 7) is 7.79. The molecule has 4 N–H and O–H groups in total. The predicted molar refractivity (Wildman–Crippen MR) is 164 cm³/mol. The zero-order valence-corrected chi connectivity index (χ0v) is 26.5. The molecule has 1 spiro atoms. The quantitative estimate of drug-likeness (QED) is 0.250. The molecule has 1 fully saturated rings. The van der Waals surface area contributed by atoms with Gasteiger partial charge in [-0.3, -0.25) is 14.3 Å². The van der Waals surface area contributed by atoms with Crippen molar-refractivity contribution >= 4 is 43.1 Å². The molecule has 13 heteroatoms. The summed E-state index contributed by atoms with van der Waals surface area (Å²) in [4.78, 5) is 39.8. The number of amides is 2. The number of nitrogens with one attached hydrogen (secondary N) is 1. The Bertz CT molecular complexity index is 1510. The molecule has 2 aliphatic heterocycles. The highest BCUT2D eigenvalue weighted by Gasteiger charge is 2.66. The second kappa shape index (κ2) is 12.1. The molecule has 5 rings (SSSR count). The smallest absolute Gasteiger partial charge is 0.264 e. The fourth-order valence-electron chi connectivity index (χ4n) is 6.59. The van der Waals surface area contributed by atoms with Crippen LogP contribution in [-0.2, 0) is 39.4 Å². The molecule has 2 aliphatic rings. The average Bonchev–Trinajstić information content (AvgIpc) is 3.58. The molecule has 1 aromatic heterocycles. The van der Waals surface area contributed by atoms with Gasteiger partial charge in [0.05, 0.1) is 24.0 Å². The van der Waals surface area contributed by atoms with Crippen molar-refractivity contribution in [1.82, 2.24) is 15.0 Å². The standard InChI is InChI=1S/C30H38ClN5O6Si/c1-18-27(43(3,4)41)26(10-12-35-17-23(11-13-37)33-34-35)42-30(18)24-15-21(31)8-9-25(24)36(29(30)40)16-20-6-5-7-22(14-20)32-28(39)19(2)38/h5-9,14-15,17-19,26-27,37-38,41H,10-13,16H2,1-4H3,(H,32,39)/t18-,19-,26+,27-,30+/m0/s1. The number of hydrogen-bond acceptors (Lipinski definition) is 8. The van der Waals surface area contributed by atoms with Crippen molar-refractivity contribution in [2.24, 2.45) is 5.92 Å². The normalized spacial score (nSPS) is 24.0. The van der Waals surface area contributed by atoms with Crippen LogP contribution in [0, 0.1) is 5.92 Å². The highest BCUT2D eigenvalue weighted by atomic mass is 35.5. The number of aliphatic hydroxyl groups is 2. The molecule has 230 valence electrons. The minimum Gasteiger partial charge on any atom is -0.432 e. The monoisotopic (exact) mass is 627 g/mol. The summed E-state index contributed by atoms with van der Waals surface area (Å²) in [5, 5.41) is 30.2. The van der Waals surface area contributed by atoms with E-state index >= 15 is 0 Å². The van der Waals surface area contributed by atoms with E-state index < -0.39 is 32.0 Å². The van der Waals surface area contributed by atoms with Crippen LogP contribution in [0.2, 0.25) is 23.7 Å². The molecule has 43 heavy (non-hydrogen) atoms. The molecule has 3 heterocycles. The van der Waals surface area contributed by atoms with Crippen molar-refractivity contribution in [1.29, 1.82) is 0 Å². The van der Waals surface area contributed by atoms with Crippen molar-refractivity contribution in [3.05, 3.63) is 70.5 Å². The molecule has 0 unspecified atom stereocenters. The third kappa shape index (κ3) is 6.00. The van der Waals surface area contributed by atoms with E-state index in [1.807, 2.05) is 32.2 Å². The maximum Gasteiger partial charge on any atom is 0.264 e. The van der Waals surface area contributed by atoms with Gasteiger partial charge in [-0.1, -0.05) is 35.9 Å². The first-order valence-corrected chi connectivity index (χ1v) is 17.8. The first kappa shape index (κ1) is 31.3. The van der Waals surface area contributed by atoms with E-state index in [0.29, 0.717) is 47.0 Å². The third-order valence-corrected chi connectivity index (χ3v) is 11.2. The van der Waals surface area contributed by atoms with Crippen molar-refractivity contribution in [2.75, 3.05) is 16.8 Å². The Morgan fingerprint density at radius 1 is 1.26 bits per heavy atom. The van der Waals surface area contributed by atoms with Gasteiger partial charge in [-0.15, -0.1) is 5.10 Å². The van der Waals surface area contributed by atoms with Gasteiger partial charge in [0, 0.05) is 53.5 Å². The van der Waals surface area contributed by atoms with E-state index in [1.165, 1.54) is 6.92 Å². The lowest BCUT2D eigenvalue weighted by Crippen LogP contribution is -2.46. The Morgan fingerprint density at radius 3 is 2.72 bits per heavy atom. The third-order valence-electron chi connectivity index (χ3n) is 8.46. The van der Waals surface area contributed by atoms with E-state index in [1.54, 1.807) is 46.1 Å². The highest BCUT2D eigenvalue weighted by Crippen LogP contribution is 2.60. The number of anilines is 2. The van der Waals surface area contributed by atoms with Crippen LogP contribution in [0.5, 0.6) is 0 Å². The van der Waals surface area contributed by atoms with E-state index in [4.69, 9.17) is 16.3 Å². The Balaban J connectivity index is 1.47. The molecule has 1 saturated heterocycles. The van der Waals surface area contributed by atoms with Crippen LogP contribution in [0.15, 0.2) is 48.7 Å². The molecule has 0 aliphatic carbocycles. The van der Waals surface area contributed by atoms with E-state index in [-0.39, 0.29) is 30.5 Å². The Hall–Kier alpha value is -3.13. The van der Waals surface area contributed by atoms with E-state index in [9.17, 15) is 24.6 Å². The number of aromatic nitrogens is 3. The minimum absolute atomic E-state index is 0.0157. The van der Waals surface area contributed by atoms with Crippen LogP contribution >= 0.6 is 11.6 Å². The summed E-state index contributed by atoms with van der Waals surface area (Å²) in [7, 11) is -2.85. The molecule has 2 amide bonds. The summed E-state index contributed by atoms with van der Waals surface area (Å²) in [5.74, 6) is -1.10. The van der Waals surface area contributed by atoms with Crippen molar-refractivity contribution < 1.29 is 29.3 Å². The topological polar surface area (TPSA) is 150 Å². The van der Waals surface area contributed by atoms with Crippen LogP contribution in [0.3, 0.4) is 0 Å². The van der Waals surface area contributed by atoms with Gasteiger partial charge in [0.2, 0.25) is 0 Å². The first-order chi connectivity index (χ1) is 20.3. The highest BCUT2D eigenvalue weighted by molar-refractivity contribution is 6.71. The molecule has 0 bridgehead atoms. The maximum atomic E-state index is 14.6. The lowest BCUT2D eigenvalue weighted by atomic mass is 9.82. The number of hydrogen-bond donors (Lipinski definition) is 4. The summed E-state index contributed by atoms with van der Waals surface area (Å²) < 4.78 is 8.54. The second-order valence-corrected chi connectivity index (χ2v) is 16.4. The summed E-state index contributed by atoms with van der Waals surface area (Å²) in [6.07, 6.45) is 1.12. The number of carbonyl (C=O) groups is 2. The number of ether oxygens (including phenoxy) is 1. The fraction of sp³-hybridized carbons (Fsp3) is 0.467. The molecule has 0 saturated carbocycles. The van der Waals surface area contributed by atoms with Crippen molar-refractivity contribution in [3.8, 4) is 0 Å². The van der Waals surface area contributed by atoms with Gasteiger partial charge >= 0.3 is 0 Å². The average molecular weight is 628 g/mol. The number of benzene rings is 2. The number of rotatable bonds is 10. The van der Waals surface area contributed by atoms with Gasteiger partial charge in [0.25, 0.3) is 11.8 Å². The minimum atomic E-state index is -2.85. The lowest BCUT2D eigenvalue weighted by molar-refractivity contribution is -0.146. The Labute approximate surface area is 256 Å². The number of aryl methyl sites for hydroxylation is 1. The van der Waals surface area contributed by atoms with Crippen LogP contribution < -0.4 is 10.2 Å². The van der Waals surface area contributed by atoms with E-state index in [0.717, 1.165) is 5.56 Å². The number of aliphatic hydroxyl groups excluding tert-OH is 2. The Kier molecular flexibility index (Phi) is 8.81. The van der Waals surface area contributed by atoms with Gasteiger partial charge in [0.1, 0.15) is 6.10 Å². The summed E-state index contributed by atoms with van der Waals surface area (Å²) in [5.41, 5.74) is 1.72. The SMILES string of the molecule is C[C@H](O)C(=O)Nc1cccc(CN2C(=O)[C@]3(O[C@H](CCn4cc(CCO)nn4)[C@@H]([Si](C)(C)O)[C@@H]3C)c3cc(Cl)ccc32)c1. The summed E-state index contributed by atoms with van der Waals surface area (Å²) in [6, 6.07) is 12.5. The Morgan fingerprint density at radius 2 is 2.02 bits per heavy atom. The van der Waals surface area contributed by atoms with E-state index in [2.05, 4.69) is 15.6 Å². The molecular weight excluding hydrogens is 590 g/mol. The predicted octanol–water partition coefficient (Wildman–Crippen LogP) is 3.22. The largest absolute Gasteiger partial charge is 0.432 e. The number of nitrogens with zero attached hydrogens (tertiary/aromatic N) is 4. The van der Waals surface area contributed by atoms with Gasteiger partial charge < -0.3 is 30.0 Å². The molecule has 11 nitrogen and oxygen atoms in total. The molecule has 2 aromatic carbocycles. The van der Waals surface area contributed by atoms with Gasteiger partial charge in [-0.25, -0.2) is 0 Å². The molecule has 3 aromatic rings. The van der Waals surface area contributed by atoms with Crippen LogP contribution in [0.4, 0.5) is 11.4 Å². The second-order valence-electron chi connectivity index (χ2n) is 12.0. The van der Waals surface area contributed by atoms with Gasteiger partial charge in [-0.2, -0.15) is 0 Å². The molecular formula is C30H38ClN5O6Si. The number of halogens is 1. The van der Waals surface area contributed by atoms with Gasteiger partial charge in [-0.05, 0) is 62.3 Å². The van der Waals surface area contributed by atoms with Crippen LogP contribution in [0.25, 0.3) is 0 Å². The number of fused-ring (bicyclic) bond motifs is 2. The molecule has 5 atom stereocenters. The molecule has 0 radical (unpaired) electrons. The zero-order valence-electron chi connectivity index (χ0n) is 24.7. The maximum absolute atomic E-state index is 14.6. The first-order valence-electron chi connectivity index (χ1n) is 14.4. The van der Waals surface area contributed by atoms with Crippen LogP contribution in [0.1, 0.15) is 37.1 Å². The zero-order chi connectivity index (χ0) is 31.1. The van der Waals surface area contributed by atoms with Crippen molar-refractivity contribution in [3.63, 3.8) is 0 Å². The summed E-state index contributed by atoms with van der Waals surface area (Å²) >= 11 is 6.49. The lowest BCUT2D eigenvalue weighted by Gasteiger charge is -2.32. The number of carbonyl (C=O) groups excluding carboxylic acids is 2. The van der Waals surface area contributed by atoms with Gasteiger partial charge in [0.15, 0.2) is 13.9 Å². The van der Waals surface area contributed by atoms with Crippen LogP contribution in [-0.4, -0.2) is 68.9 Å². The fourth-order valence-corrected chi connectivity index (χ4v) is 9.36.